The summed E-state index contributed by atoms with van der Waals surface area (Å²) in [7, 11) is 0. The second-order valence-corrected chi connectivity index (χ2v) is 11.6. The Balaban J connectivity index is 1.61. The number of benzene rings is 1. The number of rotatable bonds is 7. The van der Waals surface area contributed by atoms with E-state index in [0.717, 1.165) is 19.3 Å². The van der Waals surface area contributed by atoms with Crippen molar-refractivity contribution in [1.29, 1.82) is 0 Å². The number of carbonyl (C=O) groups excluding carboxylic acids is 4. The predicted molar refractivity (Wildman–Crippen MR) is 154 cm³/mol. The molecule has 5 rings (SSSR count). The van der Waals surface area contributed by atoms with Gasteiger partial charge in [-0.15, -0.1) is 0 Å². The lowest BCUT2D eigenvalue weighted by molar-refractivity contribution is -0.159. The Morgan fingerprint density at radius 3 is 2.62 bits per heavy atom. The Kier molecular flexibility index (Phi) is 9.13. The van der Waals surface area contributed by atoms with E-state index in [1.165, 1.54) is 4.90 Å². The SMILES string of the molecule is CCCCCN1CC=C[C@]23O[C@@H]4/C=C\CCC(=O)NC[C@@H](C)OC(=O)[C@@H]4[C@H]2C(=O)N([C@H](CO)c2ccccc2)[C@@H]3C1=O. The third-order valence-corrected chi connectivity index (χ3v) is 8.78. The maximum Gasteiger partial charge on any atom is 0.313 e. The van der Waals surface area contributed by atoms with Crippen LogP contribution < -0.4 is 5.32 Å². The predicted octanol–water partition coefficient (Wildman–Crippen LogP) is 2.29. The van der Waals surface area contributed by atoms with Crippen LogP contribution >= 0.6 is 0 Å². The summed E-state index contributed by atoms with van der Waals surface area (Å²) in [5.74, 6) is -3.51. The lowest BCUT2D eigenvalue weighted by Crippen LogP contribution is -2.56. The number of amides is 3. The fourth-order valence-corrected chi connectivity index (χ4v) is 6.77. The number of aliphatic hydroxyl groups is 1. The average molecular weight is 580 g/mol. The van der Waals surface area contributed by atoms with Crippen LogP contribution in [-0.4, -0.2) is 88.7 Å². The summed E-state index contributed by atoms with van der Waals surface area (Å²) < 4.78 is 12.5. The number of unbranched alkanes of at least 4 members (excludes halogenated alkanes) is 2. The minimum atomic E-state index is -1.44. The Morgan fingerprint density at radius 2 is 1.88 bits per heavy atom. The molecule has 4 aliphatic heterocycles. The molecule has 0 radical (unpaired) electrons. The van der Waals surface area contributed by atoms with E-state index in [1.54, 1.807) is 30.1 Å². The highest BCUT2D eigenvalue weighted by molar-refractivity contribution is 5.99. The number of esters is 1. The molecule has 0 aliphatic carbocycles. The molecule has 2 saturated heterocycles. The number of nitrogens with zero attached hydrogens (tertiary/aromatic N) is 2. The van der Waals surface area contributed by atoms with E-state index in [2.05, 4.69) is 12.2 Å². The smallest absolute Gasteiger partial charge is 0.313 e. The van der Waals surface area contributed by atoms with Gasteiger partial charge in [0, 0.05) is 19.5 Å². The fraction of sp³-hybridized carbons (Fsp3) is 0.562. The molecule has 4 heterocycles. The van der Waals surface area contributed by atoms with E-state index in [0.29, 0.717) is 25.1 Å². The quantitative estimate of drug-likeness (QED) is 0.289. The highest BCUT2D eigenvalue weighted by atomic mass is 16.6. The molecule has 1 spiro atoms. The highest BCUT2D eigenvalue weighted by Gasteiger charge is 2.72. The van der Waals surface area contributed by atoms with Crippen molar-refractivity contribution < 1.29 is 33.8 Å². The summed E-state index contributed by atoms with van der Waals surface area (Å²) in [5.41, 5.74) is -0.754. The molecule has 2 N–H and O–H groups in total. The number of aliphatic hydroxyl groups excluding tert-OH is 1. The lowest BCUT2D eigenvalue weighted by atomic mass is 9.78. The van der Waals surface area contributed by atoms with E-state index in [1.807, 2.05) is 36.4 Å². The van der Waals surface area contributed by atoms with Crippen molar-refractivity contribution in [3.63, 3.8) is 0 Å². The molecule has 0 aromatic heterocycles. The molecule has 0 bridgehead atoms. The van der Waals surface area contributed by atoms with Crippen LogP contribution in [0.4, 0.5) is 0 Å². The van der Waals surface area contributed by atoms with Gasteiger partial charge in [-0.05, 0) is 25.3 Å². The van der Waals surface area contributed by atoms with Crippen molar-refractivity contribution in [1.82, 2.24) is 15.1 Å². The summed E-state index contributed by atoms with van der Waals surface area (Å²) in [4.78, 5) is 58.2. The van der Waals surface area contributed by atoms with Gasteiger partial charge in [-0.25, -0.2) is 0 Å². The molecular weight excluding hydrogens is 538 g/mol. The van der Waals surface area contributed by atoms with Gasteiger partial charge in [0.05, 0.1) is 31.2 Å². The first-order valence-corrected chi connectivity index (χ1v) is 15.1. The Labute approximate surface area is 246 Å². The number of fused-ring (bicyclic) bond motifs is 2. The normalized spacial score (nSPS) is 33.0. The van der Waals surface area contributed by atoms with Gasteiger partial charge in [0.2, 0.25) is 17.7 Å². The van der Waals surface area contributed by atoms with E-state index >= 15 is 0 Å². The molecule has 7 atom stereocenters. The molecule has 0 saturated carbocycles. The van der Waals surface area contributed by atoms with Gasteiger partial charge in [-0.3, -0.25) is 19.2 Å². The van der Waals surface area contributed by atoms with Crippen molar-refractivity contribution in [2.45, 2.75) is 75.8 Å². The molecule has 4 aliphatic rings. The van der Waals surface area contributed by atoms with Gasteiger partial charge in [-0.1, -0.05) is 74.4 Å². The zero-order valence-electron chi connectivity index (χ0n) is 24.3. The number of hydrogen-bond acceptors (Lipinski definition) is 7. The Hall–Kier alpha value is -3.50. The summed E-state index contributed by atoms with van der Waals surface area (Å²) in [6, 6.07) is 7.23. The van der Waals surface area contributed by atoms with Gasteiger partial charge < -0.3 is 29.7 Å². The molecule has 3 amide bonds. The number of carbonyl (C=O) groups is 4. The zero-order valence-corrected chi connectivity index (χ0v) is 24.3. The van der Waals surface area contributed by atoms with Crippen molar-refractivity contribution in [2.75, 3.05) is 26.2 Å². The first-order valence-electron chi connectivity index (χ1n) is 15.1. The summed E-state index contributed by atoms with van der Waals surface area (Å²) in [5, 5.41) is 13.4. The largest absolute Gasteiger partial charge is 0.460 e. The third-order valence-electron chi connectivity index (χ3n) is 8.78. The molecule has 10 heteroatoms. The molecular formula is C32H41N3O7. The van der Waals surface area contributed by atoms with Crippen LogP contribution in [0.5, 0.6) is 0 Å². The van der Waals surface area contributed by atoms with Crippen LogP contribution in [0.25, 0.3) is 0 Å². The van der Waals surface area contributed by atoms with Crippen LogP contribution in [-0.2, 0) is 28.7 Å². The van der Waals surface area contributed by atoms with Crippen LogP contribution in [0.15, 0.2) is 54.6 Å². The number of allylic oxidation sites excluding steroid dienone is 1. The standard InChI is InChI=1S/C32H41N3O7/c1-3-4-10-17-34-18-11-16-32-27(26-24(42-32)14-8-9-15-25(37)33-19-21(2)41-31(26)40)29(38)35(28(32)30(34)39)23(20-36)22-12-6-5-7-13-22/h5-8,11-14,16,21,23-24,26-28,36H,3-4,9-10,15,17-20H2,1-2H3,(H,33,37)/b14-8-/t21-,23-,24-,26+,27+,28-,32+/m1/s1. The van der Waals surface area contributed by atoms with Crippen LogP contribution in [0.1, 0.15) is 57.6 Å². The Morgan fingerprint density at radius 1 is 1.10 bits per heavy atom. The number of ether oxygens (including phenoxy) is 2. The summed E-state index contributed by atoms with van der Waals surface area (Å²) >= 11 is 0. The van der Waals surface area contributed by atoms with Crippen molar-refractivity contribution >= 4 is 23.7 Å². The second kappa shape index (κ2) is 12.8. The molecule has 42 heavy (non-hydrogen) atoms. The van der Waals surface area contributed by atoms with Crippen molar-refractivity contribution in [3.05, 3.63) is 60.2 Å². The first-order chi connectivity index (χ1) is 20.3. The molecule has 1 aromatic carbocycles. The zero-order chi connectivity index (χ0) is 29.9. The maximum atomic E-state index is 14.6. The number of likely N-dealkylation sites (tertiary alicyclic amines) is 1. The first kappa shape index (κ1) is 30.0. The third kappa shape index (κ3) is 5.49. The van der Waals surface area contributed by atoms with Gasteiger partial charge >= 0.3 is 5.97 Å². The van der Waals surface area contributed by atoms with Crippen LogP contribution in [0, 0.1) is 11.8 Å². The summed E-state index contributed by atoms with van der Waals surface area (Å²) in [6.45, 7) is 4.41. The van der Waals surface area contributed by atoms with E-state index in [-0.39, 0.29) is 24.8 Å². The topological polar surface area (TPSA) is 125 Å². The van der Waals surface area contributed by atoms with Gasteiger partial charge in [0.25, 0.3) is 0 Å². The number of nitrogens with one attached hydrogen (secondary N) is 1. The highest BCUT2D eigenvalue weighted by Crippen LogP contribution is 2.54. The molecule has 10 nitrogen and oxygen atoms in total. The van der Waals surface area contributed by atoms with Gasteiger partial charge in [0.1, 0.15) is 23.7 Å². The van der Waals surface area contributed by atoms with E-state index < -0.39 is 60.2 Å². The van der Waals surface area contributed by atoms with E-state index in [9.17, 15) is 24.3 Å². The van der Waals surface area contributed by atoms with E-state index in [4.69, 9.17) is 9.47 Å². The average Bonchev–Trinajstić information content (AvgIpc) is 3.37. The minimum Gasteiger partial charge on any atom is -0.460 e. The second-order valence-electron chi connectivity index (χ2n) is 11.6. The van der Waals surface area contributed by atoms with Gasteiger partial charge in [0.15, 0.2) is 0 Å². The number of cyclic esters (lactones) is 1. The maximum absolute atomic E-state index is 14.6. The number of hydrogen-bond donors (Lipinski definition) is 2. The van der Waals surface area contributed by atoms with Crippen LogP contribution in [0.3, 0.4) is 0 Å². The van der Waals surface area contributed by atoms with Crippen LogP contribution in [0.2, 0.25) is 0 Å². The fourth-order valence-electron chi connectivity index (χ4n) is 6.77. The molecule has 1 aromatic rings. The molecule has 226 valence electrons. The Bertz CT molecular complexity index is 1230. The van der Waals surface area contributed by atoms with Crippen molar-refractivity contribution in [2.24, 2.45) is 11.8 Å². The van der Waals surface area contributed by atoms with Crippen molar-refractivity contribution in [3.8, 4) is 0 Å². The minimum absolute atomic E-state index is 0.148. The monoisotopic (exact) mass is 579 g/mol. The molecule has 2 fully saturated rings. The lowest BCUT2D eigenvalue weighted by Gasteiger charge is -2.38. The molecule has 0 unspecified atom stereocenters. The summed E-state index contributed by atoms with van der Waals surface area (Å²) in [6.07, 6.45) is 9.17. The van der Waals surface area contributed by atoms with Gasteiger partial charge in [-0.2, -0.15) is 0 Å².